The van der Waals surface area contributed by atoms with Crippen molar-refractivity contribution in [3.8, 4) is 0 Å². The second-order valence-corrected chi connectivity index (χ2v) is 8.62. The maximum Gasteiger partial charge on any atom is 0.417 e. The monoisotopic (exact) mass is 440 g/mol. The van der Waals surface area contributed by atoms with Crippen molar-refractivity contribution in [2.45, 2.75) is 11.1 Å². The van der Waals surface area contributed by atoms with E-state index in [1.807, 2.05) is 0 Å². The van der Waals surface area contributed by atoms with Gasteiger partial charge in [-0.15, -0.1) is 0 Å². The number of halogens is 4. The quantitative estimate of drug-likeness (QED) is 0.644. The van der Waals surface area contributed by atoms with Crippen molar-refractivity contribution in [2.24, 2.45) is 0 Å². The molecule has 0 spiro atoms. The van der Waals surface area contributed by atoms with Crippen molar-refractivity contribution >= 4 is 49.7 Å². The van der Waals surface area contributed by atoms with Gasteiger partial charge in [-0.1, -0.05) is 35.9 Å². The molecule has 1 aliphatic heterocycles. The van der Waals surface area contributed by atoms with Gasteiger partial charge in [0.25, 0.3) is 10.0 Å². The molecule has 150 valence electrons. The molecule has 0 saturated heterocycles. The summed E-state index contributed by atoms with van der Waals surface area (Å²) in [4.78, 5) is 12.5. The summed E-state index contributed by atoms with van der Waals surface area (Å²) >= 11 is 5.57. The number of carbonyl (C=O) groups excluding carboxylic acids is 1. The van der Waals surface area contributed by atoms with Crippen LogP contribution in [0.4, 0.5) is 24.5 Å². The summed E-state index contributed by atoms with van der Waals surface area (Å²) in [5, 5.41) is 3.02. The number of hydrogen-bond acceptors (Lipinski definition) is 3. The number of hydrogen-bond donors (Lipinski definition) is 1. The lowest BCUT2D eigenvalue weighted by atomic mass is 10.1. The minimum atomic E-state index is -4.69. The van der Waals surface area contributed by atoms with Gasteiger partial charge in [-0.3, -0.25) is 9.10 Å². The molecule has 1 heterocycles. The van der Waals surface area contributed by atoms with Crippen LogP contribution in [0.3, 0.4) is 0 Å². The van der Waals surface area contributed by atoms with E-state index in [0.29, 0.717) is 22.5 Å². The molecular weight excluding hydrogens is 429 g/mol. The van der Waals surface area contributed by atoms with Crippen LogP contribution >= 0.6 is 11.6 Å². The fourth-order valence-corrected chi connectivity index (χ4v) is 5.17. The number of alkyl halides is 3. The van der Waals surface area contributed by atoms with Gasteiger partial charge in [0.15, 0.2) is 0 Å². The number of nitrogens with one attached hydrogen (secondary N) is 1. The van der Waals surface area contributed by atoms with E-state index in [1.165, 1.54) is 12.1 Å². The smallest absolute Gasteiger partial charge is 0.324 e. The molecule has 3 aromatic rings. The van der Waals surface area contributed by atoms with E-state index in [1.54, 1.807) is 30.3 Å². The lowest BCUT2D eigenvalue weighted by Crippen LogP contribution is -2.35. The molecular formula is C19H12ClF3N2O3S. The number of benzene rings is 3. The third-order valence-corrected chi connectivity index (χ3v) is 6.66. The molecule has 0 unspecified atom stereocenters. The number of sulfonamides is 1. The molecule has 0 saturated carbocycles. The van der Waals surface area contributed by atoms with Crippen LogP contribution in [0.25, 0.3) is 10.8 Å². The number of anilines is 2. The Morgan fingerprint density at radius 3 is 2.45 bits per heavy atom. The van der Waals surface area contributed by atoms with E-state index in [0.717, 1.165) is 10.4 Å². The first-order valence-corrected chi connectivity index (χ1v) is 10.1. The lowest BCUT2D eigenvalue weighted by molar-refractivity contribution is -0.137. The summed E-state index contributed by atoms with van der Waals surface area (Å²) in [6, 6.07) is 12.8. The molecule has 0 radical (unpaired) electrons. The van der Waals surface area contributed by atoms with Crippen LogP contribution in [-0.2, 0) is 21.0 Å². The summed E-state index contributed by atoms with van der Waals surface area (Å²) in [6.45, 7) is -0.583. The predicted molar refractivity (Wildman–Crippen MR) is 104 cm³/mol. The van der Waals surface area contributed by atoms with Crippen molar-refractivity contribution in [3.05, 3.63) is 65.2 Å². The van der Waals surface area contributed by atoms with E-state index in [2.05, 4.69) is 5.32 Å². The molecule has 0 fully saturated rings. The van der Waals surface area contributed by atoms with E-state index >= 15 is 0 Å². The van der Waals surface area contributed by atoms with Crippen LogP contribution < -0.4 is 9.62 Å². The number of rotatable bonds is 3. The molecule has 1 N–H and O–H groups in total. The molecule has 3 aromatic carbocycles. The molecule has 1 amide bonds. The average Bonchev–Trinajstić information content (AvgIpc) is 2.86. The Labute approximate surface area is 168 Å². The first-order valence-electron chi connectivity index (χ1n) is 8.30. The van der Waals surface area contributed by atoms with Crippen molar-refractivity contribution in [1.29, 1.82) is 0 Å². The zero-order valence-electron chi connectivity index (χ0n) is 14.5. The zero-order valence-corrected chi connectivity index (χ0v) is 16.1. The fraction of sp³-hybridized carbons (Fsp3) is 0.105. The first-order chi connectivity index (χ1) is 13.6. The average molecular weight is 441 g/mol. The topological polar surface area (TPSA) is 66.5 Å². The van der Waals surface area contributed by atoms with Gasteiger partial charge in [-0.25, -0.2) is 8.42 Å². The second-order valence-electron chi connectivity index (χ2n) is 6.38. The van der Waals surface area contributed by atoms with E-state index in [9.17, 15) is 26.4 Å². The maximum atomic E-state index is 13.0. The Hall–Kier alpha value is -2.78. The highest BCUT2D eigenvalue weighted by Crippen LogP contribution is 2.42. The van der Waals surface area contributed by atoms with Gasteiger partial charge < -0.3 is 5.32 Å². The molecule has 5 nitrogen and oxygen atoms in total. The Kier molecular flexibility index (Phi) is 4.47. The largest absolute Gasteiger partial charge is 0.417 e. The standard InChI is InChI=1S/C19H12ClF3N2O3S/c20-14-8-7-12(9-13(14)19(21,22)23)24-17(26)10-25-15-5-1-3-11-4-2-6-16(18(11)15)29(25,27)28/h1-9H,10H2,(H,24,26). The van der Waals surface area contributed by atoms with Crippen molar-refractivity contribution in [3.63, 3.8) is 0 Å². The molecule has 4 rings (SSSR count). The lowest BCUT2D eigenvalue weighted by Gasteiger charge is -2.18. The van der Waals surface area contributed by atoms with Crippen molar-refractivity contribution in [1.82, 2.24) is 0 Å². The normalized spacial score (nSPS) is 15.0. The van der Waals surface area contributed by atoms with Crippen LogP contribution in [0.5, 0.6) is 0 Å². The third-order valence-electron chi connectivity index (χ3n) is 4.52. The van der Waals surface area contributed by atoms with E-state index in [-0.39, 0.29) is 10.6 Å². The third kappa shape index (κ3) is 3.30. The van der Waals surface area contributed by atoms with Gasteiger partial charge in [-0.2, -0.15) is 13.2 Å². The van der Waals surface area contributed by atoms with Crippen LogP contribution in [0.1, 0.15) is 5.56 Å². The van der Waals surface area contributed by atoms with Crippen molar-refractivity contribution < 1.29 is 26.4 Å². The minimum absolute atomic E-state index is 0.0873. The molecule has 0 atom stereocenters. The second kappa shape index (κ2) is 6.64. The summed E-state index contributed by atoms with van der Waals surface area (Å²) in [5.74, 6) is -0.783. The Bertz CT molecular complexity index is 1250. The molecule has 0 bridgehead atoms. The summed E-state index contributed by atoms with van der Waals surface area (Å²) < 4.78 is 65.6. The Morgan fingerprint density at radius 2 is 1.76 bits per heavy atom. The van der Waals surface area contributed by atoms with Gasteiger partial charge in [0.1, 0.15) is 6.54 Å². The summed E-state index contributed by atoms with van der Waals surface area (Å²) in [5.41, 5.74) is -0.887. The number of amides is 1. The maximum absolute atomic E-state index is 13.0. The van der Waals surface area contributed by atoms with Crippen LogP contribution in [-0.4, -0.2) is 20.9 Å². The minimum Gasteiger partial charge on any atom is -0.324 e. The molecule has 1 aliphatic rings. The van der Waals surface area contributed by atoms with Gasteiger partial charge in [-0.05, 0) is 35.7 Å². The molecule has 29 heavy (non-hydrogen) atoms. The molecule has 10 heteroatoms. The van der Waals surface area contributed by atoms with Gasteiger partial charge in [0.05, 0.1) is 21.2 Å². The van der Waals surface area contributed by atoms with E-state index in [4.69, 9.17) is 11.6 Å². The number of carbonyl (C=O) groups is 1. The van der Waals surface area contributed by atoms with Crippen LogP contribution in [0.15, 0.2) is 59.5 Å². The summed E-state index contributed by atoms with van der Waals surface area (Å²) in [7, 11) is -3.95. The van der Waals surface area contributed by atoms with Crippen LogP contribution in [0, 0.1) is 0 Å². The Balaban J connectivity index is 1.63. The highest BCUT2D eigenvalue weighted by Gasteiger charge is 2.37. The summed E-state index contributed by atoms with van der Waals surface area (Å²) in [6.07, 6.45) is -4.69. The fourth-order valence-electron chi connectivity index (χ4n) is 3.28. The zero-order chi connectivity index (χ0) is 21.0. The first kappa shape index (κ1) is 19.5. The van der Waals surface area contributed by atoms with Crippen molar-refractivity contribution in [2.75, 3.05) is 16.2 Å². The van der Waals surface area contributed by atoms with Crippen LogP contribution in [0.2, 0.25) is 5.02 Å². The van der Waals surface area contributed by atoms with Gasteiger partial charge >= 0.3 is 6.18 Å². The van der Waals surface area contributed by atoms with Gasteiger partial charge in [0.2, 0.25) is 5.91 Å². The van der Waals surface area contributed by atoms with Gasteiger partial charge in [0, 0.05) is 11.1 Å². The van der Waals surface area contributed by atoms with E-state index < -0.39 is 39.2 Å². The number of nitrogens with zero attached hydrogens (tertiary/aromatic N) is 1. The highest BCUT2D eigenvalue weighted by molar-refractivity contribution is 7.93. The SMILES string of the molecule is O=C(CN1c2cccc3cccc(c23)S1(=O)=O)Nc1ccc(Cl)c(C(F)(F)F)c1. The highest BCUT2D eigenvalue weighted by atomic mass is 35.5. The molecule has 0 aromatic heterocycles. The predicted octanol–water partition coefficient (Wildman–Crippen LogP) is 4.66. The molecule has 0 aliphatic carbocycles. The Morgan fingerprint density at radius 1 is 1.07 bits per heavy atom.